The van der Waals surface area contributed by atoms with Gasteiger partial charge in [-0.15, -0.1) is 0 Å². The fourth-order valence-electron chi connectivity index (χ4n) is 2.22. The molecule has 1 heterocycles. The Morgan fingerprint density at radius 3 is 2.12 bits per heavy atom. The van der Waals surface area contributed by atoms with E-state index in [1.807, 2.05) is 20.8 Å². The first kappa shape index (κ1) is 19.2. The van der Waals surface area contributed by atoms with Crippen LogP contribution < -0.4 is 20.1 Å². The van der Waals surface area contributed by atoms with Crippen LogP contribution in [-0.2, 0) is 0 Å². The summed E-state index contributed by atoms with van der Waals surface area (Å²) in [6.07, 6.45) is 2.83. The van der Waals surface area contributed by atoms with Gasteiger partial charge in [0.1, 0.15) is 0 Å². The SMILES string of the molecule is COc1ccc(NC(=O)c2cncc(C(=O)NC(C)(C)C)c2)cc1OC. The molecule has 1 aromatic heterocycles. The number of nitrogens with one attached hydrogen (secondary N) is 2. The molecule has 0 aliphatic carbocycles. The number of aromatic nitrogens is 1. The van der Waals surface area contributed by atoms with Crippen molar-refractivity contribution in [2.24, 2.45) is 0 Å². The summed E-state index contributed by atoms with van der Waals surface area (Å²) in [5, 5.41) is 5.59. The zero-order chi connectivity index (χ0) is 19.3. The Balaban J connectivity index is 2.18. The largest absolute Gasteiger partial charge is 0.493 e. The van der Waals surface area contributed by atoms with Gasteiger partial charge < -0.3 is 20.1 Å². The molecule has 0 aliphatic heterocycles. The maximum Gasteiger partial charge on any atom is 0.257 e. The highest BCUT2D eigenvalue weighted by Crippen LogP contribution is 2.29. The van der Waals surface area contributed by atoms with Gasteiger partial charge in [0.2, 0.25) is 0 Å². The second-order valence-corrected chi connectivity index (χ2v) is 6.69. The van der Waals surface area contributed by atoms with E-state index < -0.39 is 0 Å². The molecular formula is C19H23N3O4. The van der Waals surface area contributed by atoms with Gasteiger partial charge in [0.25, 0.3) is 11.8 Å². The van der Waals surface area contributed by atoms with E-state index in [2.05, 4.69) is 15.6 Å². The number of benzene rings is 1. The summed E-state index contributed by atoms with van der Waals surface area (Å²) < 4.78 is 10.4. The van der Waals surface area contributed by atoms with E-state index in [9.17, 15) is 9.59 Å². The number of rotatable bonds is 5. The lowest BCUT2D eigenvalue weighted by Gasteiger charge is -2.20. The topological polar surface area (TPSA) is 89.5 Å². The van der Waals surface area contributed by atoms with Crippen LogP contribution in [0.5, 0.6) is 11.5 Å². The summed E-state index contributed by atoms with van der Waals surface area (Å²) in [7, 11) is 3.06. The summed E-state index contributed by atoms with van der Waals surface area (Å²) in [6, 6.07) is 6.55. The highest BCUT2D eigenvalue weighted by molar-refractivity contribution is 6.06. The average Bonchev–Trinajstić information content (AvgIpc) is 2.60. The number of ether oxygens (including phenoxy) is 2. The van der Waals surface area contributed by atoms with Gasteiger partial charge in [0, 0.05) is 29.7 Å². The van der Waals surface area contributed by atoms with Crippen LogP contribution in [0.2, 0.25) is 0 Å². The Morgan fingerprint density at radius 2 is 1.54 bits per heavy atom. The van der Waals surface area contributed by atoms with Crippen molar-refractivity contribution >= 4 is 17.5 Å². The second-order valence-electron chi connectivity index (χ2n) is 6.69. The molecule has 2 rings (SSSR count). The number of hydrogen-bond acceptors (Lipinski definition) is 5. The second kappa shape index (κ2) is 7.86. The van der Waals surface area contributed by atoms with Crippen LogP contribution in [0.3, 0.4) is 0 Å². The molecule has 2 amide bonds. The average molecular weight is 357 g/mol. The third kappa shape index (κ3) is 4.95. The maximum absolute atomic E-state index is 12.5. The minimum Gasteiger partial charge on any atom is -0.493 e. The van der Waals surface area contributed by atoms with Crippen molar-refractivity contribution in [3.63, 3.8) is 0 Å². The van der Waals surface area contributed by atoms with Crippen LogP contribution >= 0.6 is 0 Å². The predicted molar refractivity (Wildman–Crippen MR) is 99.0 cm³/mol. The minimum atomic E-state index is -0.380. The molecule has 0 spiro atoms. The highest BCUT2D eigenvalue weighted by Gasteiger charge is 2.17. The van der Waals surface area contributed by atoms with E-state index in [4.69, 9.17) is 9.47 Å². The van der Waals surface area contributed by atoms with Gasteiger partial charge in [-0.3, -0.25) is 14.6 Å². The number of anilines is 1. The molecule has 0 saturated heterocycles. The molecule has 2 N–H and O–H groups in total. The molecule has 0 atom stereocenters. The van der Waals surface area contributed by atoms with E-state index in [-0.39, 0.29) is 22.9 Å². The molecular weight excluding hydrogens is 334 g/mol. The summed E-state index contributed by atoms with van der Waals surface area (Å²) in [5.74, 6) is 0.399. The number of carbonyl (C=O) groups is 2. The molecule has 0 fully saturated rings. The fraction of sp³-hybridized carbons (Fsp3) is 0.316. The molecule has 0 aliphatic rings. The molecule has 0 bridgehead atoms. The number of amides is 2. The lowest BCUT2D eigenvalue weighted by atomic mass is 10.1. The molecule has 2 aromatic rings. The van der Waals surface area contributed by atoms with Crippen molar-refractivity contribution in [3.05, 3.63) is 47.8 Å². The number of pyridine rings is 1. The third-order valence-corrected chi connectivity index (χ3v) is 3.39. The number of methoxy groups -OCH3 is 2. The fourth-order valence-corrected chi connectivity index (χ4v) is 2.22. The highest BCUT2D eigenvalue weighted by atomic mass is 16.5. The monoisotopic (exact) mass is 357 g/mol. The Bertz CT molecular complexity index is 813. The van der Waals surface area contributed by atoms with Crippen LogP contribution in [0.15, 0.2) is 36.7 Å². The van der Waals surface area contributed by atoms with Gasteiger partial charge in [0.15, 0.2) is 11.5 Å². The van der Waals surface area contributed by atoms with Crippen LogP contribution in [0, 0.1) is 0 Å². The van der Waals surface area contributed by atoms with Crippen LogP contribution in [0.25, 0.3) is 0 Å². The quantitative estimate of drug-likeness (QED) is 0.859. The maximum atomic E-state index is 12.5. The Morgan fingerprint density at radius 1 is 0.923 bits per heavy atom. The Labute approximate surface area is 152 Å². The van der Waals surface area contributed by atoms with E-state index in [0.717, 1.165) is 0 Å². The van der Waals surface area contributed by atoms with Gasteiger partial charge in [-0.05, 0) is 39.0 Å². The first-order valence-corrected chi connectivity index (χ1v) is 8.04. The Kier molecular flexibility index (Phi) is 5.82. The molecule has 0 radical (unpaired) electrons. The minimum absolute atomic E-state index is 0.279. The van der Waals surface area contributed by atoms with Crippen molar-refractivity contribution in [3.8, 4) is 11.5 Å². The molecule has 1 aromatic carbocycles. The number of nitrogens with zero attached hydrogens (tertiary/aromatic N) is 1. The van der Waals surface area contributed by atoms with E-state index in [1.54, 1.807) is 18.2 Å². The first-order chi connectivity index (χ1) is 12.2. The molecule has 26 heavy (non-hydrogen) atoms. The van der Waals surface area contributed by atoms with Crippen molar-refractivity contribution in [2.75, 3.05) is 19.5 Å². The molecule has 7 nitrogen and oxygen atoms in total. The Hall–Kier alpha value is -3.09. The smallest absolute Gasteiger partial charge is 0.257 e. The number of hydrogen-bond donors (Lipinski definition) is 2. The summed E-state index contributed by atoms with van der Waals surface area (Å²) in [4.78, 5) is 28.7. The van der Waals surface area contributed by atoms with Gasteiger partial charge in [-0.2, -0.15) is 0 Å². The van der Waals surface area contributed by atoms with E-state index in [0.29, 0.717) is 22.7 Å². The lowest BCUT2D eigenvalue weighted by Crippen LogP contribution is -2.40. The van der Waals surface area contributed by atoms with E-state index in [1.165, 1.54) is 32.7 Å². The van der Waals surface area contributed by atoms with Gasteiger partial charge in [-0.25, -0.2) is 0 Å². The van der Waals surface area contributed by atoms with E-state index >= 15 is 0 Å². The van der Waals surface area contributed by atoms with Crippen molar-refractivity contribution in [1.82, 2.24) is 10.3 Å². The summed E-state index contributed by atoms with van der Waals surface area (Å²) in [6.45, 7) is 5.64. The van der Waals surface area contributed by atoms with Gasteiger partial charge in [-0.1, -0.05) is 0 Å². The van der Waals surface area contributed by atoms with Crippen molar-refractivity contribution < 1.29 is 19.1 Å². The zero-order valence-electron chi connectivity index (χ0n) is 15.5. The normalized spacial score (nSPS) is 10.8. The number of carbonyl (C=O) groups excluding carboxylic acids is 2. The van der Waals surface area contributed by atoms with Crippen LogP contribution in [0.4, 0.5) is 5.69 Å². The first-order valence-electron chi connectivity index (χ1n) is 8.04. The predicted octanol–water partition coefficient (Wildman–Crippen LogP) is 2.88. The summed E-state index contributed by atoms with van der Waals surface area (Å²) >= 11 is 0. The summed E-state index contributed by atoms with van der Waals surface area (Å²) in [5.41, 5.74) is 0.757. The van der Waals surface area contributed by atoms with Crippen LogP contribution in [-0.4, -0.2) is 36.6 Å². The standard InChI is InChI=1S/C19H23N3O4/c1-19(2,3)22-18(24)13-8-12(10-20-11-13)17(23)21-14-6-7-15(25-4)16(9-14)26-5/h6-11H,1-5H3,(H,21,23)(H,22,24). The third-order valence-electron chi connectivity index (χ3n) is 3.39. The molecule has 7 heteroatoms. The zero-order valence-corrected chi connectivity index (χ0v) is 15.5. The van der Waals surface area contributed by atoms with Crippen molar-refractivity contribution in [1.29, 1.82) is 0 Å². The molecule has 0 saturated carbocycles. The molecule has 138 valence electrons. The molecule has 0 unspecified atom stereocenters. The van der Waals surface area contributed by atoms with Crippen LogP contribution in [0.1, 0.15) is 41.5 Å². The van der Waals surface area contributed by atoms with Gasteiger partial charge in [0.05, 0.1) is 25.3 Å². The van der Waals surface area contributed by atoms with Gasteiger partial charge >= 0.3 is 0 Å². The van der Waals surface area contributed by atoms with Crippen molar-refractivity contribution in [2.45, 2.75) is 26.3 Å². The lowest BCUT2D eigenvalue weighted by molar-refractivity contribution is 0.0919.